The topological polar surface area (TPSA) is 117 Å². The van der Waals surface area contributed by atoms with Gasteiger partial charge in [0.15, 0.2) is 11.5 Å². The van der Waals surface area contributed by atoms with Gasteiger partial charge in [-0.25, -0.2) is 5.10 Å². The van der Waals surface area contributed by atoms with Gasteiger partial charge in [-0.3, -0.25) is 25.2 Å². The Hall–Kier alpha value is -3.94. The summed E-state index contributed by atoms with van der Waals surface area (Å²) in [6.45, 7) is 1.76. The average Bonchev–Trinajstić information content (AvgIpc) is 3.03. The fourth-order valence-corrected chi connectivity index (χ4v) is 2.91. The highest BCUT2D eigenvalue weighted by molar-refractivity contribution is 6.06. The van der Waals surface area contributed by atoms with E-state index in [9.17, 15) is 14.4 Å². The van der Waals surface area contributed by atoms with E-state index in [1.165, 1.54) is 0 Å². The summed E-state index contributed by atoms with van der Waals surface area (Å²) in [5.74, 6) is -1.15. The Kier molecular flexibility index (Phi) is 3.92. The van der Waals surface area contributed by atoms with Crippen molar-refractivity contribution < 1.29 is 14.0 Å². The largest absolute Gasteiger partial charge is 0.451 e. The first-order valence-corrected chi connectivity index (χ1v) is 8.12. The lowest BCUT2D eigenvalue weighted by atomic mass is 10.1. The number of H-pyrrole nitrogens is 1. The number of aromatic nitrogens is 2. The number of amides is 2. The number of aromatic amines is 1. The smallest absolute Gasteiger partial charge is 0.305 e. The number of nitrogens with one attached hydrogen (secondary N) is 3. The molecule has 134 valence electrons. The molecular formula is C19H14N4O4. The van der Waals surface area contributed by atoms with Crippen LogP contribution in [-0.2, 0) is 0 Å². The summed E-state index contributed by atoms with van der Waals surface area (Å²) < 4.78 is 5.56. The monoisotopic (exact) mass is 362 g/mol. The van der Waals surface area contributed by atoms with E-state index in [2.05, 4.69) is 21.0 Å². The number of furan rings is 1. The zero-order valence-corrected chi connectivity index (χ0v) is 14.2. The standard InChI is InChI=1S/C19H14N4O4/c1-10-11-6-4-5-9-14(11)27-16(10)19(26)23-22-18(25)15-12-7-2-3-8-13(12)17(24)21-20-15/h2-9H,1H3,(H,21,24)(H,22,25)(H,23,26). The quantitative estimate of drug-likeness (QED) is 0.472. The SMILES string of the molecule is Cc1c(C(=O)NNC(=O)c2n[nH]c(=O)c3ccccc23)oc2ccccc12. The summed E-state index contributed by atoms with van der Waals surface area (Å²) in [7, 11) is 0. The van der Waals surface area contributed by atoms with Gasteiger partial charge < -0.3 is 4.42 Å². The molecule has 8 nitrogen and oxygen atoms in total. The molecule has 8 heteroatoms. The Morgan fingerprint density at radius 1 is 0.926 bits per heavy atom. The number of benzene rings is 2. The van der Waals surface area contributed by atoms with E-state index in [0.717, 1.165) is 5.39 Å². The lowest BCUT2D eigenvalue weighted by Crippen LogP contribution is -2.42. The van der Waals surface area contributed by atoms with Crippen molar-refractivity contribution in [2.45, 2.75) is 6.92 Å². The number of carbonyl (C=O) groups is 2. The van der Waals surface area contributed by atoms with E-state index in [1.807, 2.05) is 18.2 Å². The number of carbonyl (C=O) groups excluding carboxylic acids is 2. The van der Waals surface area contributed by atoms with Crippen LogP contribution in [0.15, 0.2) is 57.7 Å². The molecule has 4 aromatic rings. The third kappa shape index (κ3) is 2.82. The zero-order chi connectivity index (χ0) is 19.0. The molecule has 0 aliphatic carbocycles. The van der Waals surface area contributed by atoms with Crippen molar-refractivity contribution in [3.63, 3.8) is 0 Å². The highest BCUT2D eigenvalue weighted by Crippen LogP contribution is 2.24. The van der Waals surface area contributed by atoms with Crippen LogP contribution in [0.5, 0.6) is 0 Å². The third-order valence-corrected chi connectivity index (χ3v) is 4.25. The molecule has 0 aliphatic heterocycles. The number of para-hydroxylation sites is 1. The second kappa shape index (κ2) is 6.41. The van der Waals surface area contributed by atoms with Crippen LogP contribution in [0.25, 0.3) is 21.7 Å². The molecule has 0 radical (unpaired) electrons. The van der Waals surface area contributed by atoms with Gasteiger partial charge in [-0.05, 0) is 19.1 Å². The molecule has 0 saturated heterocycles. The number of hydrogen-bond donors (Lipinski definition) is 3. The molecule has 27 heavy (non-hydrogen) atoms. The summed E-state index contributed by atoms with van der Waals surface area (Å²) in [6, 6.07) is 13.8. The molecule has 2 aromatic heterocycles. The summed E-state index contributed by atoms with van der Waals surface area (Å²) in [6.07, 6.45) is 0. The Morgan fingerprint density at radius 3 is 2.30 bits per heavy atom. The van der Waals surface area contributed by atoms with Crippen LogP contribution in [0.4, 0.5) is 0 Å². The minimum absolute atomic E-state index is 0.00757. The predicted molar refractivity (Wildman–Crippen MR) is 98.2 cm³/mol. The maximum absolute atomic E-state index is 12.4. The molecule has 0 saturated carbocycles. The molecule has 2 amide bonds. The van der Waals surface area contributed by atoms with Crippen LogP contribution < -0.4 is 16.4 Å². The lowest BCUT2D eigenvalue weighted by Gasteiger charge is -2.07. The Labute approximate surface area is 152 Å². The van der Waals surface area contributed by atoms with Crippen molar-refractivity contribution in [3.05, 3.63) is 75.9 Å². The second-order valence-electron chi connectivity index (χ2n) is 5.91. The molecule has 0 bridgehead atoms. The van der Waals surface area contributed by atoms with E-state index in [4.69, 9.17) is 4.42 Å². The second-order valence-corrected chi connectivity index (χ2v) is 5.91. The van der Waals surface area contributed by atoms with Crippen molar-refractivity contribution in [2.24, 2.45) is 0 Å². The van der Waals surface area contributed by atoms with Gasteiger partial charge in [-0.2, -0.15) is 5.10 Å². The van der Waals surface area contributed by atoms with Crippen LogP contribution in [0.3, 0.4) is 0 Å². The van der Waals surface area contributed by atoms with Crippen LogP contribution in [0.2, 0.25) is 0 Å². The maximum atomic E-state index is 12.4. The lowest BCUT2D eigenvalue weighted by molar-refractivity contribution is 0.0829. The van der Waals surface area contributed by atoms with Gasteiger partial charge in [0.05, 0.1) is 5.39 Å². The van der Waals surface area contributed by atoms with E-state index in [0.29, 0.717) is 21.9 Å². The normalized spacial score (nSPS) is 10.9. The van der Waals surface area contributed by atoms with Gasteiger partial charge in [0.1, 0.15) is 5.58 Å². The molecule has 0 atom stereocenters. The van der Waals surface area contributed by atoms with Gasteiger partial charge in [-0.15, -0.1) is 0 Å². The Bertz CT molecular complexity index is 1260. The van der Waals surface area contributed by atoms with Crippen LogP contribution in [0, 0.1) is 6.92 Å². The van der Waals surface area contributed by atoms with Gasteiger partial charge in [0.2, 0.25) is 0 Å². The molecule has 0 spiro atoms. The first-order valence-electron chi connectivity index (χ1n) is 8.12. The van der Waals surface area contributed by atoms with Gasteiger partial charge >= 0.3 is 5.91 Å². The van der Waals surface area contributed by atoms with Gasteiger partial charge in [0, 0.05) is 16.3 Å². The highest BCUT2D eigenvalue weighted by atomic mass is 16.3. The van der Waals surface area contributed by atoms with Crippen molar-refractivity contribution in [3.8, 4) is 0 Å². The predicted octanol–water partition coefficient (Wildman–Crippen LogP) is 2.05. The van der Waals surface area contributed by atoms with E-state index in [1.54, 1.807) is 37.3 Å². The summed E-state index contributed by atoms with van der Waals surface area (Å²) in [5, 5.41) is 7.59. The van der Waals surface area contributed by atoms with Gasteiger partial charge in [-0.1, -0.05) is 36.4 Å². The maximum Gasteiger partial charge on any atom is 0.305 e. The van der Waals surface area contributed by atoms with Crippen LogP contribution in [0.1, 0.15) is 26.6 Å². The molecule has 4 rings (SSSR count). The fraction of sp³-hybridized carbons (Fsp3) is 0.0526. The first-order chi connectivity index (χ1) is 13.1. The summed E-state index contributed by atoms with van der Waals surface area (Å²) >= 11 is 0. The minimum Gasteiger partial charge on any atom is -0.451 e. The highest BCUT2D eigenvalue weighted by Gasteiger charge is 2.19. The van der Waals surface area contributed by atoms with Crippen LogP contribution in [-0.4, -0.2) is 22.0 Å². The average molecular weight is 362 g/mol. The number of nitrogens with zero attached hydrogens (tertiary/aromatic N) is 1. The molecule has 0 fully saturated rings. The van der Waals surface area contributed by atoms with Crippen molar-refractivity contribution in [1.29, 1.82) is 0 Å². The van der Waals surface area contributed by atoms with E-state index in [-0.39, 0.29) is 11.5 Å². The Balaban J connectivity index is 1.57. The number of hydrazine groups is 1. The summed E-state index contributed by atoms with van der Waals surface area (Å²) in [4.78, 5) is 36.6. The molecular weight excluding hydrogens is 348 g/mol. The minimum atomic E-state index is -0.662. The van der Waals surface area contributed by atoms with Crippen molar-refractivity contribution in [1.82, 2.24) is 21.0 Å². The molecule has 3 N–H and O–H groups in total. The first kappa shape index (κ1) is 16.5. The molecule has 0 aliphatic rings. The summed E-state index contributed by atoms with van der Waals surface area (Å²) in [5.41, 5.74) is 5.46. The molecule has 2 heterocycles. The number of rotatable bonds is 2. The van der Waals surface area contributed by atoms with Crippen LogP contribution >= 0.6 is 0 Å². The zero-order valence-electron chi connectivity index (χ0n) is 14.2. The third-order valence-electron chi connectivity index (χ3n) is 4.25. The molecule has 2 aromatic carbocycles. The number of hydrogen-bond acceptors (Lipinski definition) is 5. The fourth-order valence-electron chi connectivity index (χ4n) is 2.91. The Morgan fingerprint density at radius 2 is 1.56 bits per heavy atom. The van der Waals surface area contributed by atoms with Gasteiger partial charge in [0.25, 0.3) is 11.5 Å². The molecule has 0 unspecified atom stereocenters. The van der Waals surface area contributed by atoms with Crippen molar-refractivity contribution >= 4 is 33.6 Å². The van der Waals surface area contributed by atoms with Crippen molar-refractivity contribution in [2.75, 3.05) is 0 Å². The van der Waals surface area contributed by atoms with E-state index < -0.39 is 17.4 Å². The number of aryl methyl sites for hydroxylation is 1. The number of fused-ring (bicyclic) bond motifs is 2. The van der Waals surface area contributed by atoms with E-state index >= 15 is 0 Å².